The van der Waals surface area contributed by atoms with Crippen LogP contribution in [0.5, 0.6) is 0 Å². The highest BCUT2D eigenvalue weighted by atomic mass is 79.9. The van der Waals surface area contributed by atoms with Gasteiger partial charge in [0.15, 0.2) is 5.82 Å². The van der Waals surface area contributed by atoms with E-state index in [1.807, 2.05) is 24.3 Å². The summed E-state index contributed by atoms with van der Waals surface area (Å²) in [6.07, 6.45) is 3.47. The Morgan fingerprint density at radius 3 is 2.76 bits per heavy atom. The summed E-state index contributed by atoms with van der Waals surface area (Å²) in [5.74, 6) is 1.33. The van der Waals surface area contributed by atoms with Crippen LogP contribution in [0.15, 0.2) is 28.7 Å². The third kappa shape index (κ3) is 5.06. The SMILES string of the molecule is CCc1c(NC(=O)CCC2CCNC2)n[nH]c1-c1ccc(Br)cc1.Cl. The fourth-order valence-electron chi connectivity index (χ4n) is 3.16. The van der Waals surface area contributed by atoms with Crippen molar-refractivity contribution >= 4 is 40.1 Å². The van der Waals surface area contributed by atoms with E-state index in [4.69, 9.17) is 0 Å². The van der Waals surface area contributed by atoms with Gasteiger partial charge in [-0.25, -0.2) is 0 Å². The number of halogens is 2. The first-order valence-corrected chi connectivity index (χ1v) is 9.30. The highest BCUT2D eigenvalue weighted by Crippen LogP contribution is 2.28. The molecule has 3 rings (SSSR count). The molecule has 1 atom stereocenters. The maximum Gasteiger partial charge on any atom is 0.225 e. The Morgan fingerprint density at radius 2 is 2.12 bits per heavy atom. The maximum absolute atomic E-state index is 12.2. The predicted molar refractivity (Wildman–Crippen MR) is 107 cm³/mol. The minimum absolute atomic E-state index is 0. The van der Waals surface area contributed by atoms with Gasteiger partial charge in [0.25, 0.3) is 0 Å². The Morgan fingerprint density at radius 1 is 1.36 bits per heavy atom. The van der Waals surface area contributed by atoms with E-state index in [-0.39, 0.29) is 18.3 Å². The molecule has 1 aromatic heterocycles. The van der Waals surface area contributed by atoms with Gasteiger partial charge in [0, 0.05) is 16.5 Å². The van der Waals surface area contributed by atoms with Crippen LogP contribution in [-0.4, -0.2) is 29.2 Å². The van der Waals surface area contributed by atoms with Crippen LogP contribution in [-0.2, 0) is 11.2 Å². The number of hydrogen-bond acceptors (Lipinski definition) is 3. The number of carbonyl (C=O) groups is 1. The Balaban J connectivity index is 0.00000225. The Bertz CT molecular complexity index is 696. The third-order valence-electron chi connectivity index (χ3n) is 4.55. The number of rotatable bonds is 6. The van der Waals surface area contributed by atoms with Crippen molar-refractivity contribution in [1.29, 1.82) is 0 Å². The van der Waals surface area contributed by atoms with Gasteiger partial charge in [-0.05, 0) is 56.0 Å². The molecule has 1 saturated heterocycles. The van der Waals surface area contributed by atoms with E-state index < -0.39 is 0 Å². The van der Waals surface area contributed by atoms with Crippen molar-refractivity contribution in [2.45, 2.75) is 32.6 Å². The number of carbonyl (C=O) groups excluding carboxylic acids is 1. The molecule has 25 heavy (non-hydrogen) atoms. The first-order chi connectivity index (χ1) is 11.7. The number of hydrogen-bond donors (Lipinski definition) is 3. The van der Waals surface area contributed by atoms with Crippen LogP contribution in [0.4, 0.5) is 5.82 Å². The molecular weight excluding hydrogens is 404 g/mol. The lowest BCUT2D eigenvalue weighted by Gasteiger charge is -2.08. The summed E-state index contributed by atoms with van der Waals surface area (Å²) in [5.41, 5.74) is 3.09. The number of H-pyrrole nitrogens is 1. The second-order valence-corrected chi connectivity index (χ2v) is 7.15. The van der Waals surface area contributed by atoms with Crippen LogP contribution < -0.4 is 10.6 Å². The van der Waals surface area contributed by atoms with Crippen molar-refractivity contribution in [3.63, 3.8) is 0 Å². The number of amides is 1. The monoisotopic (exact) mass is 426 g/mol. The second kappa shape index (κ2) is 9.36. The molecule has 0 saturated carbocycles. The molecule has 1 fully saturated rings. The van der Waals surface area contributed by atoms with Gasteiger partial charge >= 0.3 is 0 Å². The summed E-state index contributed by atoms with van der Waals surface area (Å²) >= 11 is 3.45. The molecule has 0 radical (unpaired) electrons. The van der Waals surface area contributed by atoms with Gasteiger partial charge in [0.2, 0.25) is 5.91 Å². The molecule has 3 N–H and O–H groups in total. The summed E-state index contributed by atoms with van der Waals surface area (Å²) < 4.78 is 1.04. The molecule has 0 aliphatic carbocycles. The zero-order chi connectivity index (χ0) is 16.9. The van der Waals surface area contributed by atoms with Crippen LogP contribution in [0, 0.1) is 5.92 Å². The average Bonchev–Trinajstić information content (AvgIpc) is 3.23. The summed E-state index contributed by atoms with van der Waals surface area (Å²) in [6.45, 7) is 4.18. The van der Waals surface area contributed by atoms with Crippen molar-refractivity contribution < 1.29 is 4.79 Å². The number of benzene rings is 1. The molecule has 2 heterocycles. The summed E-state index contributed by atoms with van der Waals surface area (Å²) in [5, 5.41) is 13.7. The summed E-state index contributed by atoms with van der Waals surface area (Å²) in [4.78, 5) is 12.2. The lowest BCUT2D eigenvalue weighted by Crippen LogP contribution is -2.16. The van der Waals surface area contributed by atoms with E-state index in [0.29, 0.717) is 18.2 Å². The number of anilines is 1. The zero-order valence-electron chi connectivity index (χ0n) is 14.3. The largest absolute Gasteiger partial charge is 0.316 e. The molecule has 1 unspecified atom stereocenters. The van der Waals surface area contributed by atoms with Crippen LogP contribution in [0.3, 0.4) is 0 Å². The zero-order valence-corrected chi connectivity index (χ0v) is 16.7. The normalized spacial score (nSPS) is 16.5. The minimum Gasteiger partial charge on any atom is -0.316 e. The van der Waals surface area contributed by atoms with Gasteiger partial charge in [-0.1, -0.05) is 35.0 Å². The van der Waals surface area contributed by atoms with Crippen molar-refractivity contribution in [3.8, 4) is 11.3 Å². The molecular formula is C18H24BrClN4O. The number of nitrogens with one attached hydrogen (secondary N) is 3. The first kappa shape index (κ1) is 19.9. The van der Waals surface area contributed by atoms with E-state index in [1.54, 1.807) is 0 Å². The summed E-state index contributed by atoms with van der Waals surface area (Å²) in [6, 6.07) is 8.08. The molecule has 136 valence electrons. The molecule has 5 nitrogen and oxygen atoms in total. The van der Waals surface area contributed by atoms with Crippen LogP contribution >= 0.6 is 28.3 Å². The van der Waals surface area contributed by atoms with Crippen molar-refractivity contribution in [2.75, 3.05) is 18.4 Å². The van der Waals surface area contributed by atoms with Gasteiger partial charge in [0.05, 0.1) is 5.69 Å². The van der Waals surface area contributed by atoms with E-state index >= 15 is 0 Å². The highest BCUT2D eigenvalue weighted by molar-refractivity contribution is 9.10. The van der Waals surface area contributed by atoms with Crippen LogP contribution in [0.2, 0.25) is 0 Å². The lowest BCUT2D eigenvalue weighted by atomic mass is 10.0. The van der Waals surface area contributed by atoms with E-state index in [2.05, 4.69) is 43.7 Å². The fourth-order valence-corrected chi connectivity index (χ4v) is 3.42. The van der Waals surface area contributed by atoms with E-state index in [1.165, 1.54) is 6.42 Å². The molecule has 1 aliphatic heterocycles. The van der Waals surface area contributed by atoms with Crippen molar-refractivity contribution in [1.82, 2.24) is 15.5 Å². The molecule has 0 spiro atoms. The van der Waals surface area contributed by atoms with E-state index in [0.717, 1.165) is 47.2 Å². The Hall–Kier alpha value is -1.37. The van der Waals surface area contributed by atoms with E-state index in [9.17, 15) is 4.79 Å². The topological polar surface area (TPSA) is 69.8 Å². The fraction of sp³-hybridized carbons (Fsp3) is 0.444. The quantitative estimate of drug-likeness (QED) is 0.648. The molecule has 2 aromatic rings. The van der Waals surface area contributed by atoms with Crippen molar-refractivity contribution in [2.24, 2.45) is 5.92 Å². The standard InChI is InChI=1S/C18H23BrN4O.ClH/c1-2-15-17(13-4-6-14(19)7-5-13)22-23-18(15)21-16(24)8-3-12-9-10-20-11-12;/h4-7,12,20H,2-3,8-11H2,1H3,(H2,21,22,23,24);1H. The van der Waals surface area contributed by atoms with Crippen LogP contribution in [0.1, 0.15) is 31.7 Å². The maximum atomic E-state index is 12.2. The predicted octanol–water partition coefficient (Wildman–Crippen LogP) is 4.15. The van der Waals surface area contributed by atoms with Crippen molar-refractivity contribution in [3.05, 3.63) is 34.3 Å². The van der Waals surface area contributed by atoms with Gasteiger partial charge in [-0.15, -0.1) is 12.4 Å². The van der Waals surface area contributed by atoms with Crippen LogP contribution in [0.25, 0.3) is 11.3 Å². The number of aromatic nitrogens is 2. The highest BCUT2D eigenvalue weighted by Gasteiger charge is 2.18. The van der Waals surface area contributed by atoms with Gasteiger partial charge < -0.3 is 10.6 Å². The molecule has 1 amide bonds. The lowest BCUT2D eigenvalue weighted by molar-refractivity contribution is -0.116. The average molecular weight is 428 g/mol. The third-order valence-corrected chi connectivity index (χ3v) is 5.08. The molecule has 0 bridgehead atoms. The van der Waals surface area contributed by atoms with Gasteiger partial charge in [-0.2, -0.15) is 5.10 Å². The minimum atomic E-state index is 0. The van der Waals surface area contributed by atoms with Gasteiger partial charge in [0.1, 0.15) is 0 Å². The second-order valence-electron chi connectivity index (χ2n) is 6.23. The summed E-state index contributed by atoms with van der Waals surface area (Å²) in [7, 11) is 0. The first-order valence-electron chi connectivity index (χ1n) is 8.51. The molecule has 7 heteroatoms. The van der Waals surface area contributed by atoms with Gasteiger partial charge in [-0.3, -0.25) is 9.89 Å². The number of aromatic amines is 1. The molecule has 1 aromatic carbocycles. The molecule has 1 aliphatic rings. The number of nitrogens with zero attached hydrogens (tertiary/aromatic N) is 1. The smallest absolute Gasteiger partial charge is 0.225 e. The Labute approximate surface area is 162 Å². The Kier molecular flexibility index (Phi) is 7.47.